The summed E-state index contributed by atoms with van der Waals surface area (Å²) < 4.78 is 66.8. The van der Waals surface area contributed by atoms with Crippen molar-refractivity contribution in [2.45, 2.75) is 37.2 Å². The van der Waals surface area contributed by atoms with Crippen LogP contribution < -0.4 is 9.47 Å². The second kappa shape index (κ2) is 10.1. The molecule has 0 bridgehead atoms. The van der Waals surface area contributed by atoms with Crippen molar-refractivity contribution in [1.82, 2.24) is 4.90 Å². The number of nitrogens with zero attached hydrogens (tertiary/aromatic N) is 2. The Bertz CT molecular complexity index is 1100. The van der Waals surface area contributed by atoms with E-state index in [-0.39, 0.29) is 17.2 Å². The zero-order chi connectivity index (χ0) is 25.2. The molecule has 4 rings (SSSR count). The summed E-state index contributed by atoms with van der Waals surface area (Å²) in [7, 11) is 1.17. The van der Waals surface area contributed by atoms with Gasteiger partial charge in [0, 0.05) is 32.2 Å². The SMILES string of the molecule is COc1c(C#N)ccc(O[C@@H](F)C(F)(F)F)c1C(=O)N1CC(c2ccc(C3CCOCC3)cc2)C1. The number of carbonyl (C=O) groups is 1. The molecule has 0 unspecified atom stereocenters. The van der Waals surface area contributed by atoms with Gasteiger partial charge in [-0.15, -0.1) is 0 Å². The Balaban J connectivity index is 1.50. The van der Waals surface area contributed by atoms with Gasteiger partial charge in [-0.2, -0.15) is 22.8 Å². The molecule has 1 atom stereocenters. The van der Waals surface area contributed by atoms with E-state index in [0.29, 0.717) is 19.0 Å². The molecule has 0 aliphatic carbocycles. The van der Waals surface area contributed by atoms with E-state index in [0.717, 1.165) is 43.8 Å². The number of alkyl halides is 4. The molecule has 1 amide bonds. The highest BCUT2D eigenvalue weighted by atomic mass is 19.4. The van der Waals surface area contributed by atoms with Crippen molar-refractivity contribution in [2.75, 3.05) is 33.4 Å². The Hall–Kier alpha value is -3.32. The summed E-state index contributed by atoms with van der Waals surface area (Å²) in [5.74, 6) is -1.08. The van der Waals surface area contributed by atoms with Gasteiger partial charge in [0.25, 0.3) is 5.91 Å². The lowest BCUT2D eigenvalue weighted by atomic mass is 9.87. The number of methoxy groups -OCH3 is 1. The van der Waals surface area contributed by atoms with Crippen LogP contribution in [0.15, 0.2) is 36.4 Å². The van der Waals surface area contributed by atoms with Crippen LogP contribution >= 0.6 is 0 Å². The highest BCUT2D eigenvalue weighted by molar-refractivity contribution is 6.01. The number of hydrogen-bond donors (Lipinski definition) is 0. The molecule has 2 heterocycles. The summed E-state index contributed by atoms with van der Waals surface area (Å²) in [5, 5.41) is 9.32. The van der Waals surface area contributed by atoms with Crippen LogP contribution in [0.1, 0.15) is 51.7 Å². The Morgan fingerprint density at radius 2 is 1.69 bits per heavy atom. The van der Waals surface area contributed by atoms with E-state index >= 15 is 0 Å². The minimum atomic E-state index is -5.28. The standard InChI is InChI=1S/C25H24F4N2O4/c1-33-22-18(12-30)6-7-20(35-24(26)25(27,28)29)21(22)23(32)31-13-19(14-31)16-4-2-15(3-5-16)17-8-10-34-11-9-17/h2-7,17,19,24H,8-11,13-14H2,1H3/t24-/m1/s1. The van der Waals surface area contributed by atoms with Crippen LogP contribution in [-0.4, -0.2) is 56.8 Å². The largest absolute Gasteiger partial charge is 0.494 e. The normalized spacial score (nSPS) is 17.9. The zero-order valence-corrected chi connectivity index (χ0v) is 19.0. The molecular formula is C25H24F4N2O4. The molecule has 35 heavy (non-hydrogen) atoms. The monoisotopic (exact) mass is 492 g/mol. The number of hydrogen-bond acceptors (Lipinski definition) is 5. The predicted octanol–water partition coefficient (Wildman–Crippen LogP) is 4.94. The van der Waals surface area contributed by atoms with Crippen LogP contribution in [0.4, 0.5) is 17.6 Å². The molecule has 6 nitrogen and oxygen atoms in total. The van der Waals surface area contributed by atoms with E-state index < -0.39 is 29.8 Å². The van der Waals surface area contributed by atoms with Crippen LogP contribution in [0.25, 0.3) is 0 Å². The van der Waals surface area contributed by atoms with Gasteiger partial charge in [-0.25, -0.2) is 0 Å². The zero-order valence-electron chi connectivity index (χ0n) is 19.0. The molecule has 0 aromatic heterocycles. The smallest absolute Gasteiger partial charge is 0.457 e. The number of nitriles is 1. The average molecular weight is 492 g/mol. The molecule has 2 aliphatic rings. The number of rotatable bonds is 6. The number of likely N-dealkylation sites (tertiary alicyclic amines) is 1. The molecule has 2 fully saturated rings. The van der Waals surface area contributed by atoms with Gasteiger partial charge in [0.05, 0.1) is 12.7 Å². The van der Waals surface area contributed by atoms with Crippen LogP contribution in [-0.2, 0) is 4.74 Å². The van der Waals surface area contributed by atoms with Crippen molar-refractivity contribution in [1.29, 1.82) is 5.26 Å². The van der Waals surface area contributed by atoms with Gasteiger partial charge in [-0.3, -0.25) is 4.79 Å². The van der Waals surface area contributed by atoms with Crippen LogP contribution in [0, 0.1) is 11.3 Å². The van der Waals surface area contributed by atoms with Crippen molar-refractivity contribution < 1.29 is 36.6 Å². The van der Waals surface area contributed by atoms with Gasteiger partial charge in [-0.05, 0) is 42.0 Å². The summed E-state index contributed by atoms with van der Waals surface area (Å²) in [6, 6.07) is 12.1. The maximum Gasteiger partial charge on any atom is 0.457 e. The van der Waals surface area contributed by atoms with Crippen molar-refractivity contribution >= 4 is 5.91 Å². The van der Waals surface area contributed by atoms with Gasteiger partial charge in [0.1, 0.15) is 17.4 Å². The predicted molar refractivity (Wildman–Crippen MR) is 117 cm³/mol. The molecule has 2 aromatic carbocycles. The Morgan fingerprint density at radius 3 is 2.23 bits per heavy atom. The topological polar surface area (TPSA) is 71.8 Å². The molecule has 10 heteroatoms. The third-order valence-corrected chi connectivity index (χ3v) is 6.42. The minimum absolute atomic E-state index is 0.0429. The van der Waals surface area contributed by atoms with E-state index in [1.807, 2.05) is 18.2 Å². The molecular weight excluding hydrogens is 468 g/mol. The van der Waals surface area contributed by atoms with Gasteiger partial charge in [-0.1, -0.05) is 24.3 Å². The fourth-order valence-corrected chi connectivity index (χ4v) is 4.43. The maximum absolute atomic E-state index is 13.6. The van der Waals surface area contributed by atoms with Crippen molar-refractivity contribution in [3.05, 3.63) is 58.7 Å². The van der Waals surface area contributed by atoms with E-state index in [2.05, 4.69) is 16.9 Å². The minimum Gasteiger partial charge on any atom is -0.494 e. The van der Waals surface area contributed by atoms with Gasteiger partial charge >= 0.3 is 12.5 Å². The fraction of sp³-hybridized carbons (Fsp3) is 0.440. The van der Waals surface area contributed by atoms with Gasteiger partial charge in [0.2, 0.25) is 0 Å². The Kier molecular flexibility index (Phi) is 7.17. The van der Waals surface area contributed by atoms with E-state index in [1.165, 1.54) is 17.6 Å². The summed E-state index contributed by atoms with van der Waals surface area (Å²) in [5.41, 5.74) is 1.80. The van der Waals surface area contributed by atoms with Gasteiger partial charge < -0.3 is 19.1 Å². The number of amides is 1. The maximum atomic E-state index is 13.6. The van der Waals surface area contributed by atoms with Crippen molar-refractivity contribution in [3.8, 4) is 17.6 Å². The van der Waals surface area contributed by atoms with Crippen LogP contribution in [0.3, 0.4) is 0 Å². The fourth-order valence-electron chi connectivity index (χ4n) is 4.43. The van der Waals surface area contributed by atoms with E-state index in [1.54, 1.807) is 0 Å². The molecule has 0 saturated carbocycles. The number of benzene rings is 2. The first kappa shape index (κ1) is 24.8. The quantitative estimate of drug-likeness (QED) is 0.535. The molecule has 2 saturated heterocycles. The average Bonchev–Trinajstić information content (AvgIpc) is 2.83. The molecule has 2 aliphatic heterocycles. The molecule has 0 spiro atoms. The second-order valence-electron chi connectivity index (χ2n) is 8.57. The molecule has 186 valence electrons. The first-order valence-electron chi connectivity index (χ1n) is 11.2. The lowest BCUT2D eigenvalue weighted by Gasteiger charge is -2.40. The van der Waals surface area contributed by atoms with E-state index in [4.69, 9.17) is 9.47 Å². The third kappa shape index (κ3) is 5.20. The molecule has 0 radical (unpaired) electrons. The third-order valence-electron chi connectivity index (χ3n) is 6.42. The first-order chi connectivity index (χ1) is 16.7. The highest BCUT2D eigenvalue weighted by Crippen LogP contribution is 2.38. The lowest BCUT2D eigenvalue weighted by molar-refractivity contribution is -0.236. The van der Waals surface area contributed by atoms with E-state index in [9.17, 15) is 27.6 Å². The molecule has 2 aromatic rings. The summed E-state index contributed by atoms with van der Waals surface area (Å²) in [6.45, 7) is 2.13. The Morgan fingerprint density at radius 1 is 1.09 bits per heavy atom. The van der Waals surface area contributed by atoms with Crippen LogP contribution in [0.2, 0.25) is 0 Å². The Labute approximate surface area is 200 Å². The first-order valence-corrected chi connectivity index (χ1v) is 11.2. The summed E-state index contributed by atoms with van der Waals surface area (Å²) in [4.78, 5) is 14.6. The number of ether oxygens (including phenoxy) is 3. The lowest BCUT2D eigenvalue weighted by Crippen LogP contribution is -2.48. The molecule has 0 N–H and O–H groups in total. The van der Waals surface area contributed by atoms with Crippen LogP contribution in [0.5, 0.6) is 11.5 Å². The highest BCUT2D eigenvalue weighted by Gasteiger charge is 2.44. The number of halogens is 4. The second-order valence-corrected chi connectivity index (χ2v) is 8.57. The van der Waals surface area contributed by atoms with Gasteiger partial charge in [0.15, 0.2) is 5.75 Å². The van der Waals surface area contributed by atoms with Crippen molar-refractivity contribution in [2.24, 2.45) is 0 Å². The number of carbonyl (C=O) groups excluding carboxylic acids is 1. The summed E-state index contributed by atoms with van der Waals surface area (Å²) >= 11 is 0. The summed E-state index contributed by atoms with van der Waals surface area (Å²) in [6.07, 6.45) is -6.95. The van der Waals surface area contributed by atoms with Crippen molar-refractivity contribution in [3.63, 3.8) is 0 Å².